The van der Waals surface area contributed by atoms with E-state index in [4.69, 9.17) is 23.2 Å². The van der Waals surface area contributed by atoms with E-state index in [0.717, 1.165) is 0 Å². The van der Waals surface area contributed by atoms with Crippen LogP contribution in [-0.2, 0) is 9.59 Å². The number of carbonyl (C=O) groups is 2. The van der Waals surface area contributed by atoms with Gasteiger partial charge in [0.05, 0.1) is 17.2 Å². The van der Waals surface area contributed by atoms with E-state index >= 15 is 0 Å². The Kier molecular flexibility index (Phi) is 5.54. The van der Waals surface area contributed by atoms with Crippen LogP contribution in [0.25, 0.3) is 0 Å². The number of carbonyl (C=O) groups excluding carboxylic acids is 2. The molecule has 2 aromatic carbocycles. The highest BCUT2D eigenvalue weighted by Gasteiger charge is 2.35. The predicted molar refractivity (Wildman–Crippen MR) is 99.1 cm³/mol. The van der Waals surface area contributed by atoms with Crippen LogP contribution in [0.4, 0.5) is 10.1 Å². The third kappa shape index (κ3) is 4.20. The highest BCUT2D eigenvalue weighted by Crippen LogP contribution is 2.25. The van der Waals surface area contributed by atoms with Crippen molar-refractivity contribution in [1.82, 2.24) is 5.43 Å². The molecule has 2 amide bonds. The van der Waals surface area contributed by atoms with Crippen molar-refractivity contribution in [2.45, 2.75) is 6.42 Å². The Morgan fingerprint density at radius 1 is 1.23 bits per heavy atom. The van der Waals surface area contributed by atoms with Gasteiger partial charge in [0, 0.05) is 29.2 Å². The average Bonchev–Trinajstić information content (AvgIpc) is 2.99. The molecule has 1 heterocycles. The van der Waals surface area contributed by atoms with Crippen molar-refractivity contribution < 1.29 is 14.0 Å². The van der Waals surface area contributed by atoms with Gasteiger partial charge in [0.2, 0.25) is 11.8 Å². The van der Waals surface area contributed by atoms with E-state index in [1.807, 2.05) is 0 Å². The van der Waals surface area contributed by atoms with Crippen LogP contribution in [0, 0.1) is 11.7 Å². The summed E-state index contributed by atoms with van der Waals surface area (Å²) >= 11 is 11.8. The molecule has 3 rings (SSSR count). The van der Waals surface area contributed by atoms with E-state index in [1.54, 1.807) is 18.2 Å². The zero-order chi connectivity index (χ0) is 18.7. The van der Waals surface area contributed by atoms with Gasteiger partial charge in [0.1, 0.15) is 5.82 Å². The first-order valence-corrected chi connectivity index (χ1v) is 8.53. The van der Waals surface area contributed by atoms with E-state index in [2.05, 4.69) is 10.5 Å². The van der Waals surface area contributed by atoms with Crippen LogP contribution in [0.1, 0.15) is 12.0 Å². The summed E-state index contributed by atoms with van der Waals surface area (Å²) in [4.78, 5) is 25.8. The summed E-state index contributed by atoms with van der Waals surface area (Å²) in [6, 6.07) is 10.5. The van der Waals surface area contributed by atoms with Crippen LogP contribution in [0.5, 0.6) is 0 Å². The first-order chi connectivity index (χ1) is 12.4. The van der Waals surface area contributed by atoms with Gasteiger partial charge in [-0.15, -0.1) is 0 Å². The van der Waals surface area contributed by atoms with Crippen molar-refractivity contribution in [1.29, 1.82) is 0 Å². The molecule has 5 nitrogen and oxygen atoms in total. The van der Waals surface area contributed by atoms with Crippen molar-refractivity contribution in [2.75, 3.05) is 11.4 Å². The molecule has 1 aliphatic heterocycles. The molecule has 0 radical (unpaired) electrons. The van der Waals surface area contributed by atoms with Crippen LogP contribution in [0.2, 0.25) is 10.0 Å². The minimum absolute atomic E-state index is 0.0699. The van der Waals surface area contributed by atoms with Gasteiger partial charge in [-0.05, 0) is 36.4 Å². The van der Waals surface area contributed by atoms with Crippen LogP contribution >= 0.6 is 23.2 Å². The standard InChI is InChI=1S/C18H14Cl2FN3O2/c19-13-2-1-11(16(20)8-13)9-22-23-18(26)12-7-17(25)24(10-12)15-5-3-14(21)4-6-15/h1-6,8-9,12H,7,10H2,(H,23,26)/b22-9+. The van der Waals surface area contributed by atoms with Gasteiger partial charge in [-0.25, -0.2) is 9.82 Å². The minimum Gasteiger partial charge on any atom is -0.312 e. The maximum absolute atomic E-state index is 13.0. The summed E-state index contributed by atoms with van der Waals surface area (Å²) in [5, 5.41) is 4.79. The van der Waals surface area contributed by atoms with Crippen molar-refractivity contribution in [3.63, 3.8) is 0 Å². The Morgan fingerprint density at radius 2 is 1.96 bits per heavy atom. The molecule has 1 saturated heterocycles. The highest BCUT2D eigenvalue weighted by atomic mass is 35.5. The van der Waals surface area contributed by atoms with Crippen molar-refractivity contribution >= 4 is 46.9 Å². The van der Waals surface area contributed by atoms with E-state index in [0.29, 0.717) is 21.3 Å². The number of nitrogens with zero attached hydrogens (tertiary/aromatic N) is 2. The third-order valence-electron chi connectivity index (χ3n) is 3.98. The second-order valence-electron chi connectivity index (χ2n) is 5.78. The Bertz CT molecular complexity index is 871. The van der Waals surface area contributed by atoms with Gasteiger partial charge >= 0.3 is 0 Å². The molecule has 0 aromatic heterocycles. The fraction of sp³-hybridized carbons (Fsp3) is 0.167. The molecule has 1 atom stereocenters. The largest absolute Gasteiger partial charge is 0.312 e. The number of benzene rings is 2. The lowest BCUT2D eigenvalue weighted by molar-refractivity contribution is -0.126. The highest BCUT2D eigenvalue weighted by molar-refractivity contribution is 6.36. The normalized spacial score (nSPS) is 17.1. The van der Waals surface area contributed by atoms with E-state index in [9.17, 15) is 14.0 Å². The molecule has 0 spiro atoms. The molecule has 0 bridgehead atoms. The van der Waals surface area contributed by atoms with Gasteiger partial charge in [-0.2, -0.15) is 5.10 Å². The average molecular weight is 394 g/mol. The molecule has 134 valence electrons. The quantitative estimate of drug-likeness (QED) is 0.636. The molecular weight excluding hydrogens is 380 g/mol. The third-order valence-corrected chi connectivity index (χ3v) is 4.54. The summed E-state index contributed by atoms with van der Waals surface area (Å²) < 4.78 is 13.0. The molecule has 2 aromatic rings. The number of rotatable bonds is 4. The molecule has 0 aliphatic carbocycles. The molecule has 0 saturated carbocycles. The maximum Gasteiger partial charge on any atom is 0.245 e. The van der Waals surface area contributed by atoms with Gasteiger partial charge in [0.25, 0.3) is 0 Å². The van der Waals surface area contributed by atoms with Crippen molar-refractivity contribution in [2.24, 2.45) is 11.0 Å². The Labute approximate surface area is 159 Å². The predicted octanol–water partition coefficient (Wildman–Crippen LogP) is 3.64. The van der Waals surface area contributed by atoms with E-state index in [-0.39, 0.29) is 30.6 Å². The first kappa shape index (κ1) is 18.4. The van der Waals surface area contributed by atoms with Crippen molar-refractivity contribution in [3.05, 3.63) is 63.9 Å². The number of halogens is 3. The number of hydrogen-bond donors (Lipinski definition) is 1. The molecule has 8 heteroatoms. The Morgan fingerprint density at radius 3 is 2.65 bits per heavy atom. The lowest BCUT2D eigenvalue weighted by Gasteiger charge is -2.16. The molecule has 1 aliphatic rings. The zero-order valence-corrected chi connectivity index (χ0v) is 15.0. The summed E-state index contributed by atoms with van der Waals surface area (Å²) in [6.45, 7) is 0.216. The van der Waals surface area contributed by atoms with Gasteiger partial charge in [0.15, 0.2) is 0 Å². The summed E-state index contributed by atoms with van der Waals surface area (Å²) in [5.74, 6) is -1.49. The minimum atomic E-state index is -0.537. The van der Waals surface area contributed by atoms with Gasteiger partial charge in [-0.1, -0.05) is 29.3 Å². The Hall–Kier alpha value is -2.44. The fourth-order valence-corrected chi connectivity index (χ4v) is 3.07. The number of nitrogens with one attached hydrogen (secondary N) is 1. The molecule has 1 N–H and O–H groups in total. The van der Waals surface area contributed by atoms with E-state index < -0.39 is 5.92 Å². The maximum atomic E-state index is 13.0. The summed E-state index contributed by atoms with van der Waals surface area (Å²) in [7, 11) is 0. The lowest BCUT2D eigenvalue weighted by atomic mass is 10.1. The summed E-state index contributed by atoms with van der Waals surface area (Å²) in [5.41, 5.74) is 3.58. The second kappa shape index (κ2) is 7.85. The topological polar surface area (TPSA) is 61.8 Å². The summed E-state index contributed by atoms with van der Waals surface area (Å²) in [6.07, 6.45) is 1.48. The molecule has 1 fully saturated rings. The molecule has 26 heavy (non-hydrogen) atoms. The van der Waals surface area contributed by atoms with Crippen LogP contribution in [0.3, 0.4) is 0 Å². The van der Waals surface area contributed by atoms with Gasteiger partial charge < -0.3 is 4.90 Å². The monoisotopic (exact) mass is 393 g/mol. The van der Waals surface area contributed by atoms with Gasteiger partial charge in [-0.3, -0.25) is 9.59 Å². The van der Waals surface area contributed by atoms with Crippen molar-refractivity contribution in [3.8, 4) is 0 Å². The number of hydrogen-bond acceptors (Lipinski definition) is 3. The number of anilines is 1. The number of amides is 2. The second-order valence-corrected chi connectivity index (χ2v) is 6.63. The zero-order valence-electron chi connectivity index (χ0n) is 13.5. The first-order valence-electron chi connectivity index (χ1n) is 7.78. The van der Waals surface area contributed by atoms with E-state index in [1.165, 1.54) is 35.4 Å². The fourth-order valence-electron chi connectivity index (χ4n) is 2.62. The smallest absolute Gasteiger partial charge is 0.245 e. The molecule has 1 unspecified atom stereocenters. The molecular formula is C18H14Cl2FN3O2. The SMILES string of the molecule is O=C(N/N=C/c1ccc(Cl)cc1Cl)C1CC(=O)N(c2ccc(F)cc2)C1. The Balaban J connectivity index is 1.61. The lowest BCUT2D eigenvalue weighted by Crippen LogP contribution is -2.30. The van der Waals surface area contributed by atoms with Crippen LogP contribution < -0.4 is 10.3 Å². The number of hydrazone groups is 1. The van der Waals surface area contributed by atoms with Crippen LogP contribution in [-0.4, -0.2) is 24.6 Å². The van der Waals surface area contributed by atoms with Crippen LogP contribution in [0.15, 0.2) is 47.6 Å².